The summed E-state index contributed by atoms with van der Waals surface area (Å²) in [5, 5.41) is 10.2. The standard InChI is InChI=1S/C12H14ClFO3/c1-7(5-11(15)17-2)12(16)9-4-3-8(13)6-10(9)14/h3-4,6-7,12,16H,5H2,1-2H3. The molecule has 1 N–H and O–H groups in total. The van der Waals surface area contributed by atoms with Gasteiger partial charge in [-0.3, -0.25) is 4.79 Å². The molecule has 0 heterocycles. The van der Waals surface area contributed by atoms with Crippen LogP contribution in [0.4, 0.5) is 4.39 Å². The fraction of sp³-hybridized carbons (Fsp3) is 0.417. The molecule has 1 rings (SSSR count). The molecule has 5 heteroatoms. The fourth-order valence-electron chi connectivity index (χ4n) is 1.51. The van der Waals surface area contributed by atoms with Crippen molar-refractivity contribution in [2.24, 2.45) is 5.92 Å². The van der Waals surface area contributed by atoms with Crippen LogP contribution in [0.5, 0.6) is 0 Å². The number of ether oxygens (including phenoxy) is 1. The number of carbonyl (C=O) groups is 1. The van der Waals surface area contributed by atoms with E-state index in [0.717, 1.165) is 6.07 Å². The summed E-state index contributed by atoms with van der Waals surface area (Å²) in [7, 11) is 1.27. The molecule has 0 bridgehead atoms. The van der Waals surface area contributed by atoms with E-state index in [0.29, 0.717) is 0 Å². The van der Waals surface area contributed by atoms with Crippen LogP contribution in [0.3, 0.4) is 0 Å². The van der Waals surface area contributed by atoms with Gasteiger partial charge in [0.05, 0.1) is 19.6 Å². The minimum absolute atomic E-state index is 0.0275. The Morgan fingerprint density at radius 2 is 2.24 bits per heavy atom. The van der Waals surface area contributed by atoms with Gasteiger partial charge in [-0.25, -0.2) is 4.39 Å². The first-order valence-corrected chi connectivity index (χ1v) is 5.53. The molecule has 2 atom stereocenters. The van der Waals surface area contributed by atoms with Crippen molar-refractivity contribution in [2.75, 3.05) is 7.11 Å². The molecule has 0 saturated heterocycles. The van der Waals surface area contributed by atoms with E-state index in [1.165, 1.54) is 19.2 Å². The summed E-state index contributed by atoms with van der Waals surface area (Å²) in [6.07, 6.45) is -1.04. The molecule has 0 amide bonds. The average molecular weight is 261 g/mol. The predicted molar refractivity (Wildman–Crippen MR) is 62.2 cm³/mol. The Hall–Kier alpha value is -1.13. The van der Waals surface area contributed by atoms with Crippen LogP contribution in [0.2, 0.25) is 5.02 Å². The summed E-state index contributed by atoms with van der Waals surface area (Å²) in [4.78, 5) is 11.0. The maximum atomic E-state index is 13.5. The largest absolute Gasteiger partial charge is 0.469 e. The lowest BCUT2D eigenvalue weighted by atomic mass is 9.94. The minimum atomic E-state index is -1.06. The highest BCUT2D eigenvalue weighted by molar-refractivity contribution is 6.30. The Balaban J connectivity index is 2.81. The van der Waals surface area contributed by atoms with Crippen LogP contribution in [0.1, 0.15) is 25.0 Å². The molecule has 3 nitrogen and oxygen atoms in total. The fourth-order valence-corrected chi connectivity index (χ4v) is 1.66. The van der Waals surface area contributed by atoms with Crippen molar-refractivity contribution in [3.63, 3.8) is 0 Å². The highest BCUT2D eigenvalue weighted by Gasteiger charge is 2.22. The molecule has 94 valence electrons. The lowest BCUT2D eigenvalue weighted by Crippen LogP contribution is -2.16. The highest BCUT2D eigenvalue weighted by Crippen LogP contribution is 2.28. The lowest BCUT2D eigenvalue weighted by molar-refractivity contribution is -0.142. The monoisotopic (exact) mass is 260 g/mol. The molecule has 0 fully saturated rings. The normalized spacial score (nSPS) is 14.2. The molecule has 1 aromatic carbocycles. The minimum Gasteiger partial charge on any atom is -0.469 e. The Kier molecular flexibility index (Phi) is 4.90. The van der Waals surface area contributed by atoms with Gasteiger partial charge >= 0.3 is 5.97 Å². The van der Waals surface area contributed by atoms with E-state index < -0.39 is 23.8 Å². The van der Waals surface area contributed by atoms with Crippen LogP contribution in [-0.2, 0) is 9.53 Å². The van der Waals surface area contributed by atoms with Crippen LogP contribution in [-0.4, -0.2) is 18.2 Å². The highest BCUT2D eigenvalue weighted by atomic mass is 35.5. The second-order valence-electron chi connectivity index (χ2n) is 3.87. The molecule has 2 unspecified atom stereocenters. The number of halogens is 2. The van der Waals surface area contributed by atoms with Gasteiger partial charge in [0.2, 0.25) is 0 Å². The molecule has 0 aromatic heterocycles. The van der Waals surface area contributed by atoms with Gasteiger partial charge in [-0.1, -0.05) is 24.6 Å². The van der Waals surface area contributed by atoms with E-state index in [-0.39, 0.29) is 17.0 Å². The summed E-state index contributed by atoms with van der Waals surface area (Å²) < 4.78 is 18.0. The van der Waals surface area contributed by atoms with E-state index >= 15 is 0 Å². The predicted octanol–water partition coefficient (Wildman–Crippen LogP) is 2.71. The van der Waals surface area contributed by atoms with Crippen molar-refractivity contribution in [2.45, 2.75) is 19.4 Å². The Labute approximate surface area is 104 Å². The SMILES string of the molecule is COC(=O)CC(C)C(O)c1ccc(Cl)cc1F. The number of hydrogen-bond acceptors (Lipinski definition) is 3. The topological polar surface area (TPSA) is 46.5 Å². The lowest BCUT2D eigenvalue weighted by Gasteiger charge is -2.18. The summed E-state index contributed by atoms with van der Waals surface area (Å²) in [5.74, 6) is -1.45. The van der Waals surface area contributed by atoms with E-state index in [4.69, 9.17) is 11.6 Å². The maximum absolute atomic E-state index is 13.5. The van der Waals surface area contributed by atoms with E-state index in [9.17, 15) is 14.3 Å². The zero-order chi connectivity index (χ0) is 13.0. The number of carbonyl (C=O) groups excluding carboxylic acids is 1. The Morgan fingerprint density at radius 3 is 2.76 bits per heavy atom. The third-order valence-electron chi connectivity index (χ3n) is 2.54. The molecule has 1 aromatic rings. The van der Waals surface area contributed by atoms with Crippen molar-refractivity contribution in [1.82, 2.24) is 0 Å². The van der Waals surface area contributed by atoms with Crippen molar-refractivity contribution in [3.05, 3.63) is 34.6 Å². The first kappa shape index (κ1) is 13.9. The summed E-state index contributed by atoms with van der Waals surface area (Å²) >= 11 is 5.61. The van der Waals surface area contributed by atoms with Crippen molar-refractivity contribution in [1.29, 1.82) is 0 Å². The number of aliphatic hydroxyl groups is 1. The quantitative estimate of drug-likeness (QED) is 0.847. The average Bonchev–Trinajstić information content (AvgIpc) is 2.28. The molecule has 0 aliphatic rings. The number of aliphatic hydroxyl groups excluding tert-OH is 1. The molecule has 0 saturated carbocycles. The molecular weight excluding hydrogens is 247 g/mol. The van der Waals surface area contributed by atoms with Gasteiger partial charge in [-0.15, -0.1) is 0 Å². The number of methoxy groups -OCH3 is 1. The Morgan fingerprint density at radius 1 is 1.59 bits per heavy atom. The summed E-state index contributed by atoms with van der Waals surface area (Å²) in [5.41, 5.74) is 0.130. The van der Waals surface area contributed by atoms with Gasteiger partial charge in [0, 0.05) is 10.6 Å². The number of rotatable bonds is 4. The van der Waals surface area contributed by atoms with Crippen molar-refractivity contribution < 1.29 is 19.0 Å². The zero-order valence-corrected chi connectivity index (χ0v) is 10.4. The Bertz CT molecular complexity index is 409. The van der Waals surface area contributed by atoms with Crippen molar-refractivity contribution in [3.8, 4) is 0 Å². The molecule has 0 aliphatic heterocycles. The van der Waals surface area contributed by atoms with Gasteiger partial charge in [0.25, 0.3) is 0 Å². The first-order valence-electron chi connectivity index (χ1n) is 5.15. The first-order chi connectivity index (χ1) is 7.95. The molecule has 0 radical (unpaired) electrons. The molecule has 17 heavy (non-hydrogen) atoms. The van der Waals surface area contributed by atoms with E-state index in [1.807, 2.05) is 0 Å². The van der Waals surface area contributed by atoms with Crippen molar-refractivity contribution >= 4 is 17.6 Å². The van der Waals surface area contributed by atoms with Crippen LogP contribution >= 0.6 is 11.6 Å². The number of hydrogen-bond donors (Lipinski definition) is 1. The zero-order valence-electron chi connectivity index (χ0n) is 9.61. The second kappa shape index (κ2) is 5.98. The third kappa shape index (κ3) is 3.68. The maximum Gasteiger partial charge on any atom is 0.305 e. The molecule has 0 spiro atoms. The van der Waals surface area contributed by atoms with Crippen LogP contribution < -0.4 is 0 Å². The summed E-state index contributed by atoms with van der Waals surface area (Å²) in [6.45, 7) is 1.65. The van der Waals surface area contributed by atoms with Gasteiger partial charge < -0.3 is 9.84 Å². The third-order valence-corrected chi connectivity index (χ3v) is 2.77. The summed E-state index contributed by atoms with van der Waals surface area (Å²) in [6, 6.07) is 4.04. The van der Waals surface area contributed by atoms with Crippen LogP contribution in [0.15, 0.2) is 18.2 Å². The molecule has 0 aliphatic carbocycles. The van der Waals surface area contributed by atoms with Crippen LogP contribution in [0, 0.1) is 11.7 Å². The molecular formula is C12H14ClFO3. The number of esters is 1. The van der Waals surface area contributed by atoms with Gasteiger partial charge in [0.15, 0.2) is 0 Å². The van der Waals surface area contributed by atoms with E-state index in [1.54, 1.807) is 6.92 Å². The number of benzene rings is 1. The smallest absolute Gasteiger partial charge is 0.305 e. The van der Waals surface area contributed by atoms with Gasteiger partial charge in [-0.05, 0) is 18.1 Å². The second-order valence-corrected chi connectivity index (χ2v) is 4.30. The van der Waals surface area contributed by atoms with E-state index in [2.05, 4.69) is 4.74 Å². The van der Waals surface area contributed by atoms with Gasteiger partial charge in [0.1, 0.15) is 5.82 Å². The van der Waals surface area contributed by atoms with Crippen LogP contribution in [0.25, 0.3) is 0 Å². The van der Waals surface area contributed by atoms with Gasteiger partial charge in [-0.2, -0.15) is 0 Å².